The molecule has 0 saturated carbocycles. The highest BCUT2D eigenvalue weighted by Gasteiger charge is 2.65. The molecule has 2 aromatic rings. The van der Waals surface area contributed by atoms with Crippen LogP contribution >= 0.6 is 0 Å². The third kappa shape index (κ3) is 3.49. The Morgan fingerprint density at radius 1 is 0.970 bits per heavy atom. The van der Waals surface area contributed by atoms with Crippen LogP contribution in [0.4, 0.5) is 5.95 Å². The summed E-state index contributed by atoms with van der Waals surface area (Å²) in [6, 6.07) is 9.78. The highest BCUT2D eigenvalue weighted by Crippen LogP contribution is 2.58. The molecule has 2 amide bonds. The Morgan fingerprint density at radius 3 is 2.27 bits per heavy atom. The van der Waals surface area contributed by atoms with Gasteiger partial charge in [-0.1, -0.05) is 19.1 Å². The van der Waals surface area contributed by atoms with Gasteiger partial charge in [0.25, 0.3) is 5.91 Å². The molecule has 174 valence electrons. The highest BCUT2D eigenvalue weighted by atomic mass is 16.2. The summed E-state index contributed by atoms with van der Waals surface area (Å²) in [5.41, 5.74) is 1.41. The maximum Gasteiger partial charge on any atom is 0.253 e. The summed E-state index contributed by atoms with van der Waals surface area (Å²) < 4.78 is 0. The maximum atomic E-state index is 13.7. The molecule has 5 rings (SSSR count). The number of piperidine rings is 1. The number of likely N-dealkylation sites (tertiary alicyclic amines) is 2. The zero-order chi connectivity index (χ0) is 23.1. The maximum absolute atomic E-state index is 13.7. The van der Waals surface area contributed by atoms with Crippen molar-refractivity contribution in [3.05, 3.63) is 53.9 Å². The third-order valence-electron chi connectivity index (χ3n) is 8.31. The van der Waals surface area contributed by atoms with Gasteiger partial charge >= 0.3 is 0 Å². The van der Waals surface area contributed by atoms with E-state index in [1.54, 1.807) is 12.4 Å². The van der Waals surface area contributed by atoms with Gasteiger partial charge in [0.15, 0.2) is 0 Å². The summed E-state index contributed by atoms with van der Waals surface area (Å²) in [4.78, 5) is 42.0. The van der Waals surface area contributed by atoms with Crippen molar-refractivity contribution in [2.45, 2.75) is 39.5 Å². The van der Waals surface area contributed by atoms with Crippen molar-refractivity contribution in [3.63, 3.8) is 0 Å². The first-order chi connectivity index (χ1) is 16.0. The standard InChI is InChI=1S/C26H33N5O2/c1-3-20-6-8-21(9-7-20)22(32)30-15-10-25(11-16-30)18-31(24-27-13-5-14-28-24)19-26(25)12-17-29(4-2)23(26)33/h5-9,13-14H,3-4,10-12,15-19H2,1-2H3/t26-/m0/s1. The molecule has 2 spiro atoms. The van der Waals surface area contributed by atoms with E-state index in [0.29, 0.717) is 25.6 Å². The van der Waals surface area contributed by atoms with Gasteiger partial charge in [-0.15, -0.1) is 0 Å². The van der Waals surface area contributed by atoms with E-state index in [0.717, 1.165) is 50.9 Å². The summed E-state index contributed by atoms with van der Waals surface area (Å²) in [5, 5.41) is 0. The van der Waals surface area contributed by atoms with E-state index >= 15 is 0 Å². The van der Waals surface area contributed by atoms with Crippen molar-refractivity contribution in [3.8, 4) is 0 Å². The first-order valence-electron chi connectivity index (χ1n) is 12.2. The number of fused-ring (bicyclic) bond motifs is 1. The van der Waals surface area contributed by atoms with Crippen LogP contribution in [0.15, 0.2) is 42.7 Å². The molecule has 1 aromatic heterocycles. The fraction of sp³-hybridized carbons (Fsp3) is 0.538. The second kappa shape index (κ2) is 8.43. The Morgan fingerprint density at radius 2 is 1.67 bits per heavy atom. The molecule has 0 aliphatic carbocycles. The van der Waals surface area contributed by atoms with Gasteiger partial charge in [-0.05, 0) is 56.4 Å². The smallest absolute Gasteiger partial charge is 0.253 e. The van der Waals surface area contributed by atoms with Crippen molar-refractivity contribution in [1.29, 1.82) is 0 Å². The van der Waals surface area contributed by atoms with Crippen LogP contribution in [-0.4, -0.2) is 70.9 Å². The monoisotopic (exact) mass is 447 g/mol. The molecule has 1 aromatic carbocycles. The van der Waals surface area contributed by atoms with Crippen LogP contribution < -0.4 is 4.90 Å². The molecule has 7 nitrogen and oxygen atoms in total. The van der Waals surface area contributed by atoms with Gasteiger partial charge in [0.2, 0.25) is 11.9 Å². The molecule has 4 heterocycles. The SMILES string of the molecule is CCc1ccc(C(=O)N2CCC3(CC2)CN(c2ncccn2)C[C@]32CCN(CC)C2=O)cc1. The van der Waals surface area contributed by atoms with E-state index in [9.17, 15) is 9.59 Å². The summed E-state index contributed by atoms with van der Waals surface area (Å²) in [7, 11) is 0. The Hall–Kier alpha value is -2.96. The molecule has 7 heteroatoms. The lowest BCUT2D eigenvalue weighted by Gasteiger charge is -2.46. The fourth-order valence-corrected chi connectivity index (χ4v) is 6.28. The van der Waals surface area contributed by atoms with Gasteiger partial charge in [0, 0.05) is 62.6 Å². The lowest BCUT2D eigenvalue weighted by atomic mass is 9.60. The number of rotatable bonds is 4. The molecule has 0 radical (unpaired) electrons. The minimum atomic E-state index is -0.417. The van der Waals surface area contributed by atoms with Crippen LogP contribution in [0, 0.1) is 10.8 Å². The summed E-state index contributed by atoms with van der Waals surface area (Å²) in [6.07, 6.45) is 7.03. The number of amides is 2. The van der Waals surface area contributed by atoms with Crippen molar-refractivity contribution in [2.75, 3.05) is 44.2 Å². The first-order valence-corrected chi connectivity index (χ1v) is 12.2. The summed E-state index contributed by atoms with van der Waals surface area (Å²) in [6.45, 7) is 8.53. The van der Waals surface area contributed by atoms with Gasteiger partial charge in [0.1, 0.15) is 0 Å². The average molecular weight is 448 g/mol. The normalized spacial score (nSPS) is 24.3. The number of hydrogen-bond acceptors (Lipinski definition) is 5. The number of aryl methyl sites for hydroxylation is 1. The van der Waals surface area contributed by atoms with E-state index in [4.69, 9.17) is 0 Å². The van der Waals surface area contributed by atoms with Crippen molar-refractivity contribution in [1.82, 2.24) is 19.8 Å². The number of carbonyl (C=O) groups is 2. The number of hydrogen-bond donors (Lipinski definition) is 0. The van der Waals surface area contributed by atoms with E-state index in [1.165, 1.54) is 5.56 Å². The van der Waals surface area contributed by atoms with Crippen LogP contribution in [0.2, 0.25) is 0 Å². The Kier molecular flexibility index (Phi) is 5.59. The van der Waals surface area contributed by atoms with Gasteiger partial charge in [-0.25, -0.2) is 9.97 Å². The zero-order valence-corrected chi connectivity index (χ0v) is 19.7. The predicted molar refractivity (Wildman–Crippen MR) is 127 cm³/mol. The fourth-order valence-electron chi connectivity index (χ4n) is 6.28. The lowest BCUT2D eigenvalue weighted by Crippen LogP contribution is -2.53. The van der Waals surface area contributed by atoms with Crippen LogP contribution in [-0.2, 0) is 11.2 Å². The number of aromatic nitrogens is 2. The minimum absolute atomic E-state index is 0.0933. The van der Waals surface area contributed by atoms with Gasteiger partial charge in [0.05, 0.1) is 5.41 Å². The topological polar surface area (TPSA) is 69.6 Å². The third-order valence-corrected chi connectivity index (χ3v) is 8.31. The molecule has 33 heavy (non-hydrogen) atoms. The molecule has 0 N–H and O–H groups in total. The summed E-state index contributed by atoms with van der Waals surface area (Å²) in [5.74, 6) is 1.07. The molecule has 3 aliphatic rings. The van der Waals surface area contributed by atoms with E-state index < -0.39 is 5.41 Å². The van der Waals surface area contributed by atoms with E-state index in [2.05, 4.69) is 28.7 Å². The molecule has 3 fully saturated rings. The molecule has 0 unspecified atom stereocenters. The van der Waals surface area contributed by atoms with E-state index in [1.807, 2.05) is 40.1 Å². The largest absolute Gasteiger partial charge is 0.342 e. The second-order valence-corrected chi connectivity index (χ2v) is 9.74. The van der Waals surface area contributed by atoms with Crippen LogP contribution in [0.3, 0.4) is 0 Å². The number of carbonyl (C=O) groups excluding carboxylic acids is 2. The van der Waals surface area contributed by atoms with Crippen molar-refractivity contribution >= 4 is 17.8 Å². The van der Waals surface area contributed by atoms with Crippen LogP contribution in [0.25, 0.3) is 0 Å². The quantitative estimate of drug-likeness (QED) is 0.721. The Labute approximate surface area is 195 Å². The van der Waals surface area contributed by atoms with Gasteiger partial charge in [-0.3, -0.25) is 9.59 Å². The molecular weight excluding hydrogens is 414 g/mol. The van der Waals surface area contributed by atoms with E-state index in [-0.39, 0.29) is 17.2 Å². The van der Waals surface area contributed by atoms with Crippen LogP contribution in [0.1, 0.15) is 49.0 Å². The average Bonchev–Trinajstić information content (AvgIpc) is 3.37. The number of benzene rings is 1. The Bertz CT molecular complexity index is 1020. The Balaban J connectivity index is 1.39. The predicted octanol–water partition coefficient (Wildman–Crippen LogP) is 3.02. The molecule has 3 saturated heterocycles. The number of nitrogens with zero attached hydrogens (tertiary/aromatic N) is 5. The highest BCUT2D eigenvalue weighted by molar-refractivity contribution is 5.94. The van der Waals surface area contributed by atoms with Gasteiger partial charge in [-0.2, -0.15) is 0 Å². The summed E-state index contributed by atoms with van der Waals surface area (Å²) >= 11 is 0. The van der Waals surface area contributed by atoms with Gasteiger partial charge < -0.3 is 14.7 Å². The molecule has 3 aliphatic heterocycles. The molecular formula is C26H33N5O2. The number of anilines is 1. The second-order valence-electron chi connectivity index (χ2n) is 9.74. The molecule has 1 atom stereocenters. The van der Waals surface area contributed by atoms with Crippen molar-refractivity contribution in [2.24, 2.45) is 10.8 Å². The van der Waals surface area contributed by atoms with Crippen molar-refractivity contribution < 1.29 is 9.59 Å². The zero-order valence-electron chi connectivity index (χ0n) is 19.7. The first kappa shape index (κ1) is 21.9. The van der Waals surface area contributed by atoms with Crippen LogP contribution in [0.5, 0.6) is 0 Å². The molecule has 0 bridgehead atoms. The lowest BCUT2D eigenvalue weighted by molar-refractivity contribution is -0.141. The minimum Gasteiger partial charge on any atom is -0.342 e.